The third-order valence-corrected chi connectivity index (χ3v) is 1.60. The Balaban J connectivity index is 3.17. The van der Waals surface area contributed by atoms with E-state index >= 15 is 0 Å². The number of carbonyl (C=O) groups is 1. The Morgan fingerprint density at radius 1 is 1.54 bits per heavy atom. The van der Waals surface area contributed by atoms with Crippen LogP contribution < -0.4 is 16.2 Å². The van der Waals surface area contributed by atoms with Gasteiger partial charge in [-0.3, -0.25) is 4.79 Å². The number of hydrogen-bond donors (Lipinski definition) is 2. The Morgan fingerprint density at radius 2 is 2.23 bits per heavy atom. The summed E-state index contributed by atoms with van der Waals surface area (Å²) in [6.07, 6.45) is 0. The van der Waals surface area contributed by atoms with Crippen molar-refractivity contribution >= 4 is 11.6 Å². The van der Waals surface area contributed by atoms with Crippen molar-refractivity contribution in [2.24, 2.45) is 5.73 Å². The van der Waals surface area contributed by atoms with Gasteiger partial charge in [0.2, 0.25) is 0 Å². The van der Waals surface area contributed by atoms with Gasteiger partial charge in [0, 0.05) is 5.69 Å². The van der Waals surface area contributed by atoms with Crippen LogP contribution in [0.25, 0.3) is 0 Å². The van der Waals surface area contributed by atoms with Crippen LogP contribution in [0.2, 0.25) is 0 Å². The molecule has 1 amide bonds. The molecule has 0 aliphatic rings. The van der Waals surface area contributed by atoms with Gasteiger partial charge in [0.05, 0.1) is 6.61 Å². The minimum absolute atomic E-state index is 0.254. The molecule has 1 rings (SSSR count). The maximum absolute atomic E-state index is 11.0. The number of nitrogens with two attached hydrogens (primary N) is 2. The molecule has 4 heteroatoms. The maximum atomic E-state index is 11.0. The topological polar surface area (TPSA) is 78.3 Å². The fraction of sp³-hybridized carbons (Fsp3) is 0.222. The first-order chi connectivity index (χ1) is 6.16. The summed E-state index contributed by atoms with van der Waals surface area (Å²) in [6, 6.07) is 5.00. The molecule has 0 radical (unpaired) electrons. The van der Waals surface area contributed by atoms with E-state index < -0.39 is 5.91 Å². The molecule has 4 N–H and O–H groups in total. The van der Waals surface area contributed by atoms with Crippen LogP contribution in [-0.4, -0.2) is 12.5 Å². The monoisotopic (exact) mass is 180 g/mol. The zero-order chi connectivity index (χ0) is 9.84. The molecule has 1 aromatic carbocycles. The second-order valence-electron chi connectivity index (χ2n) is 2.52. The molecule has 4 nitrogen and oxygen atoms in total. The number of hydrogen-bond acceptors (Lipinski definition) is 3. The first kappa shape index (κ1) is 9.38. The summed E-state index contributed by atoms with van der Waals surface area (Å²) in [6.45, 7) is 2.30. The lowest BCUT2D eigenvalue weighted by Gasteiger charge is -2.08. The van der Waals surface area contributed by atoms with E-state index in [0.29, 0.717) is 18.0 Å². The highest BCUT2D eigenvalue weighted by Gasteiger charge is 2.11. The lowest BCUT2D eigenvalue weighted by molar-refractivity contribution is 0.0997. The smallest absolute Gasteiger partial charge is 0.254 e. The number of rotatable bonds is 3. The van der Waals surface area contributed by atoms with Gasteiger partial charge in [-0.05, 0) is 19.1 Å². The highest BCUT2D eigenvalue weighted by atomic mass is 16.5. The van der Waals surface area contributed by atoms with Gasteiger partial charge in [-0.1, -0.05) is 6.07 Å². The van der Waals surface area contributed by atoms with E-state index in [-0.39, 0.29) is 5.56 Å². The third kappa shape index (κ3) is 1.90. The van der Waals surface area contributed by atoms with Crippen molar-refractivity contribution in [1.29, 1.82) is 0 Å². The first-order valence-electron chi connectivity index (χ1n) is 3.98. The quantitative estimate of drug-likeness (QED) is 0.674. The van der Waals surface area contributed by atoms with Crippen LogP contribution in [0.15, 0.2) is 18.2 Å². The predicted octanol–water partition coefficient (Wildman–Crippen LogP) is 0.766. The number of amides is 1. The summed E-state index contributed by atoms with van der Waals surface area (Å²) < 4.78 is 5.20. The largest absolute Gasteiger partial charge is 0.493 e. The van der Waals surface area contributed by atoms with Crippen molar-refractivity contribution in [2.45, 2.75) is 6.92 Å². The second-order valence-corrected chi connectivity index (χ2v) is 2.52. The first-order valence-corrected chi connectivity index (χ1v) is 3.98. The lowest BCUT2D eigenvalue weighted by atomic mass is 10.1. The van der Waals surface area contributed by atoms with Gasteiger partial charge in [-0.2, -0.15) is 0 Å². The van der Waals surface area contributed by atoms with Gasteiger partial charge in [-0.15, -0.1) is 0 Å². The molecule has 0 saturated carbocycles. The van der Waals surface area contributed by atoms with Crippen LogP contribution in [0.4, 0.5) is 5.69 Å². The average Bonchev–Trinajstić information content (AvgIpc) is 2.04. The molecule has 13 heavy (non-hydrogen) atoms. The van der Waals surface area contributed by atoms with Crippen LogP contribution in [-0.2, 0) is 0 Å². The maximum Gasteiger partial charge on any atom is 0.254 e. The van der Waals surface area contributed by atoms with Crippen LogP contribution in [0.3, 0.4) is 0 Å². The van der Waals surface area contributed by atoms with Crippen LogP contribution in [0.5, 0.6) is 5.75 Å². The Kier molecular flexibility index (Phi) is 2.74. The summed E-state index contributed by atoms with van der Waals surface area (Å²) >= 11 is 0. The van der Waals surface area contributed by atoms with E-state index in [2.05, 4.69) is 0 Å². The van der Waals surface area contributed by atoms with Gasteiger partial charge >= 0.3 is 0 Å². The van der Waals surface area contributed by atoms with Crippen molar-refractivity contribution in [3.8, 4) is 5.75 Å². The van der Waals surface area contributed by atoms with Gasteiger partial charge in [-0.25, -0.2) is 0 Å². The molecule has 0 spiro atoms. The summed E-state index contributed by atoms with van der Waals surface area (Å²) in [7, 11) is 0. The molecule has 0 aliphatic heterocycles. The molecule has 0 atom stereocenters. The highest BCUT2D eigenvalue weighted by Crippen LogP contribution is 2.23. The number of primary amides is 1. The molecule has 1 aromatic rings. The molecule has 0 unspecified atom stereocenters. The van der Waals surface area contributed by atoms with Crippen LogP contribution >= 0.6 is 0 Å². The van der Waals surface area contributed by atoms with E-state index in [0.717, 1.165) is 0 Å². The van der Waals surface area contributed by atoms with Crippen molar-refractivity contribution in [2.75, 3.05) is 12.3 Å². The zero-order valence-electron chi connectivity index (χ0n) is 7.41. The van der Waals surface area contributed by atoms with E-state index in [4.69, 9.17) is 16.2 Å². The Labute approximate surface area is 76.5 Å². The summed E-state index contributed by atoms with van der Waals surface area (Å²) in [5.41, 5.74) is 11.3. The fourth-order valence-corrected chi connectivity index (χ4v) is 1.09. The third-order valence-electron chi connectivity index (χ3n) is 1.60. The van der Waals surface area contributed by atoms with Crippen LogP contribution in [0.1, 0.15) is 17.3 Å². The Bertz CT molecular complexity index is 323. The fourth-order valence-electron chi connectivity index (χ4n) is 1.09. The molecule has 0 bridgehead atoms. The second kappa shape index (κ2) is 3.80. The molecule has 70 valence electrons. The highest BCUT2D eigenvalue weighted by molar-refractivity contribution is 6.00. The SMILES string of the molecule is CCOc1cccc(N)c1C(N)=O. The molecular weight excluding hydrogens is 168 g/mol. The van der Waals surface area contributed by atoms with E-state index in [1.165, 1.54) is 0 Å². The van der Waals surface area contributed by atoms with Gasteiger partial charge in [0.25, 0.3) is 5.91 Å². The van der Waals surface area contributed by atoms with E-state index in [1.807, 2.05) is 6.92 Å². The summed E-state index contributed by atoms with van der Waals surface area (Å²) in [4.78, 5) is 11.0. The molecule has 0 aliphatic carbocycles. The molecule has 0 saturated heterocycles. The number of nitrogen functional groups attached to an aromatic ring is 1. The normalized spacial score (nSPS) is 9.62. The Morgan fingerprint density at radius 3 is 2.77 bits per heavy atom. The average molecular weight is 180 g/mol. The van der Waals surface area contributed by atoms with Crippen molar-refractivity contribution in [3.63, 3.8) is 0 Å². The summed E-state index contributed by atoms with van der Waals surface area (Å²) in [5, 5.41) is 0. The van der Waals surface area contributed by atoms with Gasteiger partial charge in [0.15, 0.2) is 0 Å². The number of benzene rings is 1. The van der Waals surface area contributed by atoms with Gasteiger partial charge < -0.3 is 16.2 Å². The number of ether oxygens (including phenoxy) is 1. The predicted molar refractivity (Wildman–Crippen MR) is 50.5 cm³/mol. The van der Waals surface area contributed by atoms with Crippen molar-refractivity contribution in [1.82, 2.24) is 0 Å². The number of carbonyl (C=O) groups excluding carboxylic acids is 1. The molecular formula is C9H12N2O2. The minimum atomic E-state index is -0.568. The van der Waals surface area contributed by atoms with E-state index in [1.54, 1.807) is 18.2 Å². The van der Waals surface area contributed by atoms with Gasteiger partial charge in [0.1, 0.15) is 11.3 Å². The number of anilines is 1. The van der Waals surface area contributed by atoms with E-state index in [9.17, 15) is 4.79 Å². The minimum Gasteiger partial charge on any atom is -0.493 e. The van der Waals surface area contributed by atoms with Crippen molar-refractivity contribution < 1.29 is 9.53 Å². The molecule has 0 fully saturated rings. The Hall–Kier alpha value is -1.71. The molecule has 0 heterocycles. The van der Waals surface area contributed by atoms with Crippen molar-refractivity contribution in [3.05, 3.63) is 23.8 Å². The standard InChI is InChI=1S/C9H12N2O2/c1-2-13-7-5-3-4-6(10)8(7)9(11)12/h3-5H,2,10H2,1H3,(H2,11,12). The lowest BCUT2D eigenvalue weighted by Crippen LogP contribution is -2.15. The van der Waals surface area contributed by atoms with Crippen LogP contribution in [0, 0.1) is 0 Å². The molecule has 0 aromatic heterocycles. The zero-order valence-corrected chi connectivity index (χ0v) is 7.41. The summed E-state index contributed by atoms with van der Waals surface area (Å²) in [5.74, 6) is -0.128.